The Hall–Kier alpha value is 0.670. The van der Waals surface area contributed by atoms with E-state index in [4.69, 9.17) is 17.5 Å². The molecular weight excluding hydrogens is 294 g/mol. The summed E-state index contributed by atoms with van der Waals surface area (Å²) in [7, 11) is -4.67. The normalized spacial score (nSPS) is 8.29. The average Bonchev–Trinajstić information content (AvgIpc) is 0.722. The molecule has 0 rings (SSSR count). The predicted octanol–water partition coefficient (Wildman–Crippen LogP) is -0.503. The molecule has 0 aliphatic heterocycles. The van der Waals surface area contributed by atoms with Crippen molar-refractivity contribution >= 4 is 10.4 Å². The van der Waals surface area contributed by atoms with Gasteiger partial charge in [0.05, 0.1) is 0 Å². The molecule has 0 saturated heterocycles. The Kier molecular flexibility index (Phi) is 10.8. The Morgan fingerprint density at radius 2 is 1.14 bits per heavy atom. The van der Waals surface area contributed by atoms with E-state index in [2.05, 4.69) is 0 Å². The van der Waals surface area contributed by atoms with Crippen molar-refractivity contribution in [1.29, 1.82) is 0 Å². The van der Waals surface area contributed by atoms with Gasteiger partial charge in [0.25, 0.3) is 0 Å². The van der Waals surface area contributed by atoms with Crippen LogP contribution in [-0.4, -0.2) is 17.5 Å². The second-order valence-corrected chi connectivity index (χ2v) is 1.34. The standard InChI is InChI=1S/FH.Hf.H2O4S/c;;1-5(2,3)4/h1H;;(H2,1,2,3,4). The summed E-state index contributed by atoms with van der Waals surface area (Å²) >= 11 is 0. The summed E-state index contributed by atoms with van der Waals surface area (Å²) in [6.45, 7) is 0. The largest absolute Gasteiger partial charge is 0.394 e. The first-order chi connectivity index (χ1) is 2.00. The van der Waals surface area contributed by atoms with E-state index in [1.807, 2.05) is 0 Å². The van der Waals surface area contributed by atoms with Crippen LogP contribution in [0, 0.1) is 0 Å². The Morgan fingerprint density at radius 1 is 1.14 bits per heavy atom. The molecule has 0 aromatic rings. The smallest absolute Gasteiger partial charge is 0.269 e. The van der Waals surface area contributed by atoms with Crippen molar-refractivity contribution in [2.45, 2.75) is 0 Å². The van der Waals surface area contributed by atoms with Gasteiger partial charge in [0.2, 0.25) is 0 Å². The van der Waals surface area contributed by atoms with Crippen LogP contribution in [0.2, 0.25) is 0 Å². The molecule has 44 valence electrons. The van der Waals surface area contributed by atoms with Gasteiger partial charge in [0.15, 0.2) is 0 Å². The zero-order chi connectivity index (χ0) is 4.50. The molecule has 0 fully saturated rings. The van der Waals surface area contributed by atoms with Crippen molar-refractivity contribution in [3.05, 3.63) is 0 Å². The fraction of sp³-hybridized carbons (Fsp3) is 0. The zero-order valence-corrected chi connectivity index (χ0v) is 7.44. The molecule has 7 heavy (non-hydrogen) atoms. The maximum absolute atomic E-state index is 8.74. The quantitative estimate of drug-likeness (QED) is 0.467. The molecule has 0 spiro atoms. The van der Waals surface area contributed by atoms with Crippen LogP contribution in [0.1, 0.15) is 0 Å². The molecule has 0 aromatic heterocycles. The van der Waals surface area contributed by atoms with Crippen LogP contribution in [0.3, 0.4) is 0 Å². The van der Waals surface area contributed by atoms with Gasteiger partial charge in [-0.3, -0.25) is 13.8 Å². The second-order valence-electron chi connectivity index (χ2n) is 0.448. The fourth-order valence-electron chi connectivity index (χ4n) is 0. The van der Waals surface area contributed by atoms with Crippen molar-refractivity contribution in [1.82, 2.24) is 0 Å². The Balaban J connectivity index is -0.0000000800. The number of hydrogen-bond donors (Lipinski definition) is 2. The second kappa shape index (κ2) is 4.82. The molecule has 0 unspecified atom stereocenters. The third-order valence-electron chi connectivity index (χ3n) is 0. The maximum atomic E-state index is 8.74. The van der Waals surface area contributed by atoms with Crippen molar-refractivity contribution in [3.8, 4) is 0 Å². The summed E-state index contributed by atoms with van der Waals surface area (Å²) in [5.74, 6) is 0. The Bertz CT molecular complexity index is 94.9. The van der Waals surface area contributed by atoms with Crippen molar-refractivity contribution in [2.24, 2.45) is 0 Å². The molecule has 0 aliphatic rings. The minimum absolute atomic E-state index is 0. The molecule has 0 atom stereocenters. The molecule has 0 aromatic carbocycles. The van der Waals surface area contributed by atoms with Crippen LogP contribution in [0.5, 0.6) is 0 Å². The van der Waals surface area contributed by atoms with E-state index in [0.29, 0.717) is 0 Å². The van der Waals surface area contributed by atoms with Crippen LogP contribution in [0.15, 0.2) is 0 Å². The van der Waals surface area contributed by atoms with Gasteiger partial charge >= 0.3 is 10.4 Å². The van der Waals surface area contributed by atoms with Crippen molar-refractivity contribution in [2.75, 3.05) is 0 Å². The van der Waals surface area contributed by atoms with Gasteiger partial charge < -0.3 is 0 Å². The molecule has 0 saturated carbocycles. The van der Waals surface area contributed by atoms with E-state index in [1.165, 1.54) is 0 Å². The number of hydrogen-bond acceptors (Lipinski definition) is 2. The molecule has 0 amide bonds. The summed E-state index contributed by atoms with van der Waals surface area (Å²) in [6.07, 6.45) is 0. The van der Waals surface area contributed by atoms with Crippen molar-refractivity contribution in [3.63, 3.8) is 0 Å². The van der Waals surface area contributed by atoms with E-state index in [0.717, 1.165) is 0 Å². The Labute approximate surface area is 58.6 Å². The summed E-state index contributed by atoms with van der Waals surface area (Å²) < 4.78 is 31.6. The van der Waals surface area contributed by atoms with Gasteiger partial charge in [0, 0.05) is 25.8 Å². The predicted molar refractivity (Wildman–Crippen MR) is 16.7 cm³/mol. The van der Waals surface area contributed by atoms with Crippen LogP contribution in [-0.2, 0) is 36.2 Å². The van der Waals surface area contributed by atoms with E-state index in [9.17, 15) is 0 Å². The average molecular weight is 297 g/mol. The first-order valence-corrected chi connectivity index (χ1v) is 2.10. The molecular formula is H3FHfO4S. The SMILES string of the molecule is F.O=S(=O)(O)O.[Hf]. The minimum Gasteiger partial charge on any atom is -0.269 e. The molecule has 0 radical (unpaired) electrons. The van der Waals surface area contributed by atoms with Crippen LogP contribution in [0.25, 0.3) is 0 Å². The molecule has 0 bridgehead atoms. The molecule has 0 heterocycles. The van der Waals surface area contributed by atoms with Crippen molar-refractivity contribution < 1.29 is 48.1 Å². The first kappa shape index (κ1) is 15.6. The van der Waals surface area contributed by atoms with Gasteiger partial charge in [0.1, 0.15) is 0 Å². The monoisotopic (exact) mass is 298 g/mol. The summed E-state index contributed by atoms with van der Waals surface area (Å²) in [6, 6.07) is 0. The minimum atomic E-state index is -4.67. The van der Waals surface area contributed by atoms with Crippen LogP contribution in [0.4, 0.5) is 4.70 Å². The van der Waals surface area contributed by atoms with E-state index in [1.54, 1.807) is 0 Å². The zero-order valence-electron chi connectivity index (χ0n) is 3.03. The van der Waals surface area contributed by atoms with E-state index in [-0.39, 0.29) is 30.5 Å². The third-order valence-corrected chi connectivity index (χ3v) is 0. The van der Waals surface area contributed by atoms with Gasteiger partial charge in [-0.1, -0.05) is 0 Å². The molecule has 4 nitrogen and oxygen atoms in total. The topological polar surface area (TPSA) is 74.6 Å². The Morgan fingerprint density at radius 3 is 1.14 bits per heavy atom. The summed E-state index contributed by atoms with van der Waals surface area (Å²) in [4.78, 5) is 0. The maximum Gasteiger partial charge on any atom is 0.394 e. The number of rotatable bonds is 0. The molecule has 2 N–H and O–H groups in total. The van der Waals surface area contributed by atoms with E-state index < -0.39 is 10.4 Å². The van der Waals surface area contributed by atoms with Gasteiger partial charge in [-0.05, 0) is 0 Å². The van der Waals surface area contributed by atoms with E-state index >= 15 is 0 Å². The first-order valence-electron chi connectivity index (χ1n) is 0.698. The summed E-state index contributed by atoms with van der Waals surface area (Å²) in [5, 5.41) is 0. The van der Waals surface area contributed by atoms with Gasteiger partial charge in [-0.15, -0.1) is 0 Å². The fourth-order valence-corrected chi connectivity index (χ4v) is 0. The number of halogens is 1. The van der Waals surface area contributed by atoms with Gasteiger partial charge in [-0.2, -0.15) is 8.42 Å². The molecule has 7 heteroatoms. The van der Waals surface area contributed by atoms with Gasteiger partial charge in [-0.25, -0.2) is 0 Å². The molecule has 0 aliphatic carbocycles. The van der Waals surface area contributed by atoms with Crippen LogP contribution < -0.4 is 0 Å². The van der Waals surface area contributed by atoms with Crippen LogP contribution >= 0.6 is 0 Å². The third kappa shape index (κ3) is 324. The summed E-state index contributed by atoms with van der Waals surface area (Å²) in [5.41, 5.74) is 0.